The van der Waals surface area contributed by atoms with Crippen molar-refractivity contribution in [3.63, 3.8) is 0 Å². The van der Waals surface area contributed by atoms with Gasteiger partial charge in [0.2, 0.25) is 5.91 Å². The molecule has 0 radical (unpaired) electrons. The molecular weight excluding hydrogens is 637 g/mol. The lowest BCUT2D eigenvalue weighted by molar-refractivity contribution is -0.115. The number of rotatable bonds is 11. The molecule has 0 aliphatic carbocycles. The van der Waals surface area contributed by atoms with Gasteiger partial charge in [-0.3, -0.25) is 14.5 Å². The largest absolute Gasteiger partial charge is 0.462 e. The number of thiophene rings is 1. The van der Waals surface area contributed by atoms with Crippen LogP contribution in [0.4, 0.5) is 16.4 Å². The van der Waals surface area contributed by atoms with Gasteiger partial charge in [-0.1, -0.05) is 36.4 Å². The van der Waals surface area contributed by atoms with Crippen LogP contribution >= 0.6 is 35.3 Å². The van der Waals surface area contributed by atoms with Crippen LogP contribution in [0.3, 0.4) is 0 Å². The Labute approximate surface area is 282 Å². The highest BCUT2D eigenvalue weighted by atomic mass is 32.2. The molecule has 0 spiro atoms. The monoisotopic (exact) mass is 672 g/mol. The summed E-state index contributed by atoms with van der Waals surface area (Å²) in [6.07, 6.45) is 0.716. The molecule has 0 fully saturated rings. The van der Waals surface area contributed by atoms with Crippen LogP contribution in [0.25, 0.3) is 0 Å². The third kappa shape index (κ3) is 8.61. The molecule has 5 rings (SSSR count). The molecule has 1 aromatic heterocycles. The molecule has 4 aromatic rings. The van der Waals surface area contributed by atoms with Gasteiger partial charge in [-0.05, 0) is 93.0 Å². The number of ether oxygens (including phenoxy) is 1. The molecule has 0 saturated carbocycles. The van der Waals surface area contributed by atoms with E-state index < -0.39 is 11.2 Å². The fourth-order valence-corrected chi connectivity index (χ4v) is 7.58. The van der Waals surface area contributed by atoms with E-state index in [1.165, 1.54) is 35.6 Å². The van der Waals surface area contributed by atoms with E-state index in [2.05, 4.69) is 33.0 Å². The number of esters is 1. The minimum absolute atomic E-state index is 0.00398. The minimum atomic E-state index is -0.441. The van der Waals surface area contributed by atoms with E-state index in [0.717, 1.165) is 39.8 Å². The van der Waals surface area contributed by atoms with Crippen LogP contribution in [0.15, 0.2) is 83.8 Å². The zero-order valence-corrected chi connectivity index (χ0v) is 28.4. The maximum absolute atomic E-state index is 13.4. The second kappa shape index (κ2) is 15.5. The zero-order chi connectivity index (χ0) is 32.6. The first-order chi connectivity index (χ1) is 22.2. The molecule has 1 aliphatic rings. The van der Waals surface area contributed by atoms with Crippen molar-refractivity contribution in [1.29, 1.82) is 0 Å². The standard InChI is InChI=1S/C35H36N4O4S3/c1-4-43-34(42)31-29-17-18-39(20-24-9-6-5-7-10-24)21-30(29)46-33(31)38-32(41)23(3)45-28-12-8-11-27(19-28)37-35(44)36-26-15-13-25(14-16-26)22(2)40/h5-16,19,23H,4,17-18,20-21H2,1-3H3,(H,38,41)(H2,36,37,44). The third-order valence-electron chi connectivity index (χ3n) is 7.42. The van der Waals surface area contributed by atoms with Crippen LogP contribution in [-0.2, 0) is 29.0 Å². The van der Waals surface area contributed by atoms with Crippen molar-refractivity contribution in [1.82, 2.24) is 4.90 Å². The van der Waals surface area contributed by atoms with E-state index in [4.69, 9.17) is 17.0 Å². The number of amides is 1. The predicted molar refractivity (Wildman–Crippen MR) is 191 cm³/mol. The highest BCUT2D eigenvalue weighted by molar-refractivity contribution is 8.00. The number of ketones is 1. The summed E-state index contributed by atoms with van der Waals surface area (Å²) in [5, 5.41) is 9.85. The van der Waals surface area contributed by atoms with Gasteiger partial charge in [0.15, 0.2) is 10.9 Å². The van der Waals surface area contributed by atoms with Crippen LogP contribution in [0.2, 0.25) is 0 Å². The smallest absolute Gasteiger partial charge is 0.341 e. The third-order valence-corrected chi connectivity index (χ3v) is 9.85. The Morgan fingerprint density at radius 2 is 1.72 bits per heavy atom. The molecular formula is C35H36N4O4S3. The Kier molecular flexibility index (Phi) is 11.2. The molecule has 1 amide bonds. The summed E-state index contributed by atoms with van der Waals surface area (Å²) >= 11 is 8.35. The van der Waals surface area contributed by atoms with E-state index in [1.54, 1.807) is 31.2 Å². The lowest BCUT2D eigenvalue weighted by atomic mass is 10.0. The molecule has 46 heavy (non-hydrogen) atoms. The van der Waals surface area contributed by atoms with Gasteiger partial charge in [0.1, 0.15) is 5.00 Å². The van der Waals surface area contributed by atoms with Gasteiger partial charge in [0, 0.05) is 46.3 Å². The second-order valence-corrected chi connectivity index (χ2v) is 13.8. The van der Waals surface area contributed by atoms with Crippen molar-refractivity contribution in [2.24, 2.45) is 0 Å². The molecule has 1 atom stereocenters. The number of nitrogens with zero attached hydrogens (tertiary/aromatic N) is 1. The number of carbonyl (C=O) groups excluding carboxylic acids is 3. The van der Waals surface area contributed by atoms with Gasteiger partial charge in [-0.15, -0.1) is 23.1 Å². The topological polar surface area (TPSA) is 99.8 Å². The number of Topliss-reactive ketones (excluding diaryl/α,β-unsaturated/α-hetero) is 1. The summed E-state index contributed by atoms with van der Waals surface area (Å²) in [6.45, 7) is 7.77. The molecule has 0 saturated heterocycles. The molecule has 2 heterocycles. The maximum atomic E-state index is 13.4. The van der Waals surface area contributed by atoms with Crippen molar-refractivity contribution < 1.29 is 19.1 Å². The number of fused-ring (bicyclic) bond motifs is 1. The van der Waals surface area contributed by atoms with Gasteiger partial charge in [0.05, 0.1) is 17.4 Å². The minimum Gasteiger partial charge on any atom is -0.462 e. The van der Waals surface area contributed by atoms with Crippen LogP contribution in [-0.4, -0.2) is 46.1 Å². The number of benzene rings is 3. The Bertz CT molecular complexity index is 1720. The highest BCUT2D eigenvalue weighted by Crippen LogP contribution is 2.39. The van der Waals surface area contributed by atoms with E-state index in [9.17, 15) is 14.4 Å². The van der Waals surface area contributed by atoms with E-state index in [0.29, 0.717) is 34.2 Å². The summed E-state index contributed by atoms with van der Waals surface area (Å²) in [6, 6.07) is 25.1. The lowest BCUT2D eigenvalue weighted by Crippen LogP contribution is -2.30. The molecule has 238 valence electrons. The Morgan fingerprint density at radius 3 is 2.43 bits per heavy atom. The SMILES string of the molecule is CCOC(=O)c1c(NC(=O)C(C)Sc2cccc(NC(=S)Nc3ccc(C(C)=O)cc3)c2)sc2c1CCN(Cc1ccccc1)C2. The normalized spacial score (nSPS) is 13.3. The van der Waals surface area contributed by atoms with Crippen molar-refractivity contribution in [2.45, 2.75) is 50.4 Å². The van der Waals surface area contributed by atoms with Crippen LogP contribution < -0.4 is 16.0 Å². The molecule has 11 heteroatoms. The van der Waals surface area contributed by atoms with Crippen molar-refractivity contribution in [2.75, 3.05) is 29.1 Å². The summed E-state index contributed by atoms with van der Waals surface area (Å²) in [5.74, 6) is -0.589. The average molecular weight is 673 g/mol. The van der Waals surface area contributed by atoms with Crippen molar-refractivity contribution in [3.05, 3.63) is 106 Å². The van der Waals surface area contributed by atoms with Gasteiger partial charge < -0.3 is 20.7 Å². The van der Waals surface area contributed by atoms with Crippen LogP contribution in [0.5, 0.6) is 0 Å². The molecule has 3 N–H and O–H groups in total. The highest BCUT2D eigenvalue weighted by Gasteiger charge is 2.30. The number of hydrogen-bond acceptors (Lipinski definition) is 8. The first-order valence-corrected chi connectivity index (χ1v) is 17.1. The maximum Gasteiger partial charge on any atom is 0.341 e. The molecule has 1 aliphatic heterocycles. The Balaban J connectivity index is 1.22. The molecule has 0 bridgehead atoms. The van der Waals surface area contributed by atoms with Gasteiger partial charge >= 0.3 is 5.97 Å². The van der Waals surface area contributed by atoms with E-state index in [1.807, 2.05) is 49.4 Å². The van der Waals surface area contributed by atoms with Gasteiger partial charge in [-0.25, -0.2) is 4.79 Å². The van der Waals surface area contributed by atoms with Gasteiger partial charge in [-0.2, -0.15) is 0 Å². The van der Waals surface area contributed by atoms with Crippen LogP contribution in [0.1, 0.15) is 57.5 Å². The summed E-state index contributed by atoms with van der Waals surface area (Å²) in [5.41, 5.74) is 4.86. The molecule has 1 unspecified atom stereocenters. The lowest BCUT2D eigenvalue weighted by Gasteiger charge is -2.27. The predicted octanol–water partition coefficient (Wildman–Crippen LogP) is 7.61. The fraction of sp³-hybridized carbons (Fsp3) is 0.257. The first-order valence-electron chi connectivity index (χ1n) is 15.0. The molecule has 8 nitrogen and oxygen atoms in total. The number of thiocarbonyl (C=S) groups is 1. The van der Waals surface area contributed by atoms with E-state index in [-0.39, 0.29) is 18.3 Å². The second-order valence-electron chi connectivity index (χ2n) is 10.9. The summed E-state index contributed by atoms with van der Waals surface area (Å²) in [7, 11) is 0. The number of anilines is 3. The number of hydrogen-bond donors (Lipinski definition) is 3. The first kappa shape index (κ1) is 33.3. The van der Waals surface area contributed by atoms with Crippen LogP contribution in [0, 0.1) is 0 Å². The number of carbonyl (C=O) groups is 3. The molecule has 3 aromatic carbocycles. The van der Waals surface area contributed by atoms with Crippen molar-refractivity contribution >= 4 is 74.5 Å². The number of nitrogens with one attached hydrogen (secondary N) is 3. The Morgan fingerprint density at radius 1 is 0.978 bits per heavy atom. The number of thioether (sulfide) groups is 1. The summed E-state index contributed by atoms with van der Waals surface area (Å²) < 4.78 is 5.41. The van der Waals surface area contributed by atoms with Gasteiger partial charge in [0.25, 0.3) is 0 Å². The zero-order valence-electron chi connectivity index (χ0n) is 25.9. The van der Waals surface area contributed by atoms with E-state index >= 15 is 0 Å². The summed E-state index contributed by atoms with van der Waals surface area (Å²) in [4.78, 5) is 42.4. The Hall–Kier alpha value is -4.03. The fourth-order valence-electron chi connectivity index (χ4n) is 5.14. The average Bonchev–Trinajstić information content (AvgIpc) is 3.39. The quantitative estimate of drug-likeness (QED) is 0.0643. The van der Waals surface area contributed by atoms with Crippen molar-refractivity contribution in [3.8, 4) is 0 Å².